The van der Waals surface area contributed by atoms with Gasteiger partial charge in [-0.25, -0.2) is 4.79 Å². The maximum atomic E-state index is 13.2. The van der Waals surface area contributed by atoms with Gasteiger partial charge in [0.15, 0.2) is 5.82 Å². The van der Waals surface area contributed by atoms with Crippen LogP contribution in [0.15, 0.2) is 0 Å². The molecule has 2 amide bonds. The molecule has 0 unspecified atom stereocenters. The van der Waals surface area contributed by atoms with Crippen molar-refractivity contribution in [2.24, 2.45) is 0 Å². The third kappa shape index (κ3) is 4.41. The topological polar surface area (TPSA) is 80.6 Å². The number of amides is 2. The molecule has 2 aliphatic heterocycles. The van der Waals surface area contributed by atoms with Gasteiger partial charge in [0.2, 0.25) is 0 Å². The zero-order valence-electron chi connectivity index (χ0n) is 16.7. The summed E-state index contributed by atoms with van der Waals surface area (Å²) in [5.74, 6) is -2.92. The molecule has 0 atom stereocenters. The smallest absolute Gasteiger partial charge is 0.410 e. The van der Waals surface area contributed by atoms with Gasteiger partial charge in [-0.05, 0) is 33.6 Å². The summed E-state index contributed by atoms with van der Waals surface area (Å²) in [7, 11) is 0. The van der Waals surface area contributed by atoms with E-state index in [-0.39, 0.29) is 25.1 Å². The molecule has 156 valence electrons. The lowest BCUT2D eigenvalue weighted by molar-refractivity contribution is -0.156. The number of ether oxygens (including phenoxy) is 1. The number of carbonyl (C=O) groups excluding carboxylic acids is 2. The lowest BCUT2D eigenvalue weighted by Gasteiger charge is -2.34. The van der Waals surface area contributed by atoms with Crippen LogP contribution in [0.25, 0.3) is 0 Å². The van der Waals surface area contributed by atoms with Gasteiger partial charge < -0.3 is 14.2 Å². The van der Waals surface area contributed by atoms with Crippen LogP contribution in [0.5, 0.6) is 0 Å². The Morgan fingerprint density at radius 3 is 2.21 bits per heavy atom. The fraction of sp³-hybridized carbons (Fsp3) is 0.778. The van der Waals surface area contributed by atoms with Crippen molar-refractivity contribution in [3.63, 3.8) is 0 Å². The molecule has 3 heterocycles. The van der Waals surface area contributed by atoms with Crippen molar-refractivity contribution in [1.82, 2.24) is 24.6 Å². The van der Waals surface area contributed by atoms with E-state index in [2.05, 4.69) is 10.2 Å². The highest BCUT2D eigenvalue weighted by molar-refractivity contribution is 5.83. The second-order valence-corrected chi connectivity index (χ2v) is 8.48. The molecule has 2 aliphatic rings. The molecular weight excluding hydrogens is 372 g/mol. The normalized spacial score (nSPS) is 18.8. The number of fused-ring (bicyclic) bond motifs is 1. The Bertz CT molecular complexity index is 745. The number of hydrogen-bond donors (Lipinski definition) is 0. The van der Waals surface area contributed by atoms with Gasteiger partial charge in [0.25, 0.3) is 5.91 Å². The first-order valence-corrected chi connectivity index (χ1v) is 9.53. The van der Waals surface area contributed by atoms with Crippen molar-refractivity contribution >= 4 is 12.0 Å². The highest BCUT2D eigenvalue weighted by Crippen LogP contribution is 2.30. The van der Waals surface area contributed by atoms with Crippen molar-refractivity contribution in [2.45, 2.75) is 71.1 Å². The lowest BCUT2D eigenvalue weighted by atomic mass is 9.95. The zero-order chi connectivity index (χ0) is 20.7. The van der Waals surface area contributed by atoms with Crippen LogP contribution in [0.3, 0.4) is 0 Å². The van der Waals surface area contributed by atoms with Gasteiger partial charge in [-0.2, -0.15) is 8.78 Å². The predicted molar refractivity (Wildman–Crippen MR) is 95.8 cm³/mol. The maximum Gasteiger partial charge on any atom is 0.410 e. The first-order valence-electron chi connectivity index (χ1n) is 9.53. The van der Waals surface area contributed by atoms with E-state index in [4.69, 9.17) is 4.74 Å². The van der Waals surface area contributed by atoms with Gasteiger partial charge in [-0.3, -0.25) is 9.69 Å². The third-order valence-corrected chi connectivity index (χ3v) is 4.96. The molecule has 1 saturated heterocycles. The SMILES string of the molecule is CC(C)(C)OC(=O)N1CCn2c(nnc2C2CCN(C(=O)C(C)(F)F)CC2)C1. The molecule has 1 aromatic rings. The molecule has 28 heavy (non-hydrogen) atoms. The number of hydrogen-bond acceptors (Lipinski definition) is 5. The summed E-state index contributed by atoms with van der Waals surface area (Å²) in [4.78, 5) is 26.8. The van der Waals surface area contributed by atoms with Crippen LogP contribution in [0.4, 0.5) is 13.6 Å². The number of aromatic nitrogens is 3. The molecule has 0 saturated carbocycles. The van der Waals surface area contributed by atoms with Crippen LogP contribution >= 0.6 is 0 Å². The quantitative estimate of drug-likeness (QED) is 0.763. The Kier molecular flexibility index (Phi) is 5.33. The molecular formula is C18H27F2N5O3. The van der Waals surface area contributed by atoms with Crippen LogP contribution in [0, 0.1) is 0 Å². The summed E-state index contributed by atoms with van der Waals surface area (Å²) in [5.41, 5.74) is -0.561. The molecule has 0 bridgehead atoms. The fourth-order valence-corrected chi connectivity index (χ4v) is 3.58. The minimum atomic E-state index is -3.34. The third-order valence-electron chi connectivity index (χ3n) is 4.96. The highest BCUT2D eigenvalue weighted by atomic mass is 19.3. The van der Waals surface area contributed by atoms with Crippen molar-refractivity contribution in [3.8, 4) is 0 Å². The van der Waals surface area contributed by atoms with Gasteiger partial charge in [-0.15, -0.1) is 10.2 Å². The second-order valence-electron chi connectivity index (χ2n) is 8.48. The van der Waals surface area contributed by atoms with Gasteiger partial charge in [0.05, 0.1) is 6.54 Å². The average molecular weight is 399 g/mol. The summed E-state index contributed by atoms with van der Waals surface area (Å²) in [6.07, 6.45) is 0.751. The van der Waals surface area contributed by atoms with Gasteiger partial charge in [-0.1, -0.05) is 0 Å². The Morgan fingerprint density at radius 1 is 1.00 bits per heavy atom. The number of halogens is 2. The van der Waals surface area contributed by atoms with E-state index >= 15 is 0 Å². The fourth-order valence-electron chi connectivity index (χ4n) is 3.58. The van der Waals surface area contributed by atoms with E-state index < -0.39 is 17.4 Å². The van der Waals surface area contributed by atoms with E-state index in [1.165, 1.54) is 4.90 Å². The van der Waals surface area contributed by atoms with Crippen LogP contribution in [-0.4, -0.2) is 67.7 Å². The molecule has 0 N–H and O–H groups in total. The number of nitrogens with zero attached hydrogens (tertiary/aromatic N) is 5. The van der Waals surface area contributed by atoms with Gasteiger partial charge >= 0.3 is 12.0 Å². The number of carbonyl (C=O) groups is 2. The summed E-state index contributed by atoms with van der Waals surface area (Å²) in [6.45, 7) is 8.02. The van der Waals surface area contributed by atoms with E-state index in [0.717, 1.165) is 5.82 Å². The Morgan fingerprint density at radius 2 is 1.64 bits per heavy atom. The minimum absolute atomic E-state index is 0.0591. The first kappa shape index (κ1) is 20.5. The van der Waals surface area contributed by atoms with E-state index in [0.29, 0.717) is 45.2 Å². The van der Waals surface area contributed by atoms with Crippen molar-refractivity contribution in [2.75, 3.05) is 19.6 Å². The van der Waals surface area contributed by atoms with E-state index in [1.807, 2.05) is 25.3 Å². The number of rotatable bonds is 2. The number of alkyl halides is 2. The molecule has 3 rings (SSSR count). The van der Waals surface area contributed by atoms with Crippen LogP contribution in [0.1, 0.15) is 58.1 Å². The average Bonchev–Trinajstić information content (AvgIpc) is 3.02. The molecule has 1 aromatic heterocycles. The molecule has 1 fully saturated rings. The summed E-state index contributed by atoms with van der Waals surface area (Å²) < 4.78 is 33.9. The van der Waals surface area contributed by atoms with Crippen molar-refractivity contribution < 1.29 is 23.1 Å². The van der Waals surface area contributed by atoms with E-state index in [9.17, 15) is 18.4 Å². The summed E-state index contributed by atoms with van der Waals surface area (Å²) in [5, 5.41) is 8.51. The minimum Gasteiger partial charge on any atom is -0.444 e. The Hall–Kier alpha value is -2.26. The van der Waals surface area contributed by atoms with Crippen LogP contribution in [-0.2, 0) is 22.6 Å². The first-order chi connectivity index (χ1) is 13.0. The number of piperidine rings is 1. The molecule has 0 aliphatic carbocycles. The monoisotopic (exact) mass is 399 g/mol. The Labute approximate surface area is 162 Å². The van der Waals surface area contributed by atoms with Crippen LogP contribution < -0.4 is 0 Å². The molecule has 0 spiro atoms. The van der Waals surface area contributed by atoms with Crippen molar-refractivity contribution in [3.05, 3.63) is 11.6 Å². The van der Waals surface area contributed by atoms with Crippen molar-refractivity contribution in [1.29, 1.82) is 0 Å². The second kappa shape index (κ2) is 7.29. The van der Waals surface area contributed by atoms with E-state index in [1.54, 1.807) is 4.90 Å². The molecule has 0 aromatic carbocycles. The highest BCUT2D eigenvalue weighted by Gasteiger charge is 2.39. The standard InChI is InChI=1S/C18H27F2N5O3/c1-17(2,3)28-16(27)24-9-10-25-13(11-24)21-22-14(25)12-5-7-23(8-6-12)15(26)18(4,19)20/h12H,5-11H2,1-4H3. The summed E-state index contributed by atoms with van der Waals surface area (Å²) in [6, 6.07) is 0. The lowest BCUT2D eigenvalue weighted by Crippen LogP contribution is -2.46. The van der Waals surface area contributed by atoms with Crippen LogP contribution in [0.2, 0.25) is 0 Å². The molecule has 10 heteroatoms. The van der Waals surface area contributed by atoms with Gasteiger partial charge in [0, 0.05) is 39.0 Å². The summed E-state index contributed by atoms with van der Waals surface area (Å²) >= 11 is 0. The maximum absolute atomic E-state index is 13.2. The zero-order valence-corrected chi connectivity index (χ0v) is 16.7. The largest absolute Gasteiger partial charge is 0.444 e. The number of likely N-dealkylation sites (tertiary alicyclic amines) is 1. The predicted octanol–water partition coefficient (Wildman–Crippen LogP) is 2.39. The van der Waals surface area contributed by atoms with Gasteiger partial charge in [0.1, 0.15) is 11.4 Å². The molecule has 0 radical (unpaired) electrons. The Balaban J connectivity index is 1.62. The molecule has 8 nitrogen and oxygen atoms in total.